The number of hydrogen-bond acceptors (Lipinski definition) is 2. The molecule has 1 aromatic carbocycles. The number of rotatable bonds is 2. The monoisotopic (exact) mass is 241 g/mol. The second-order valence-electron chi connectivity index (χ2n) is 2.89. The van der Waals surface area contributed by atoms with Crippen molar-refractivity contribution in [3.8, 4) is 11.6 Å². The Balaban J connectivity index is 2.28. The Morgan fingerprint density at radius 1 is 1.40 bits per heavy atom. The Kier molecular flexibility index (Phi) is 2.84. The normalized spacial score (nSPS) is 10.3. The van der Waals surface area contributed by atoms with E-state index in [0.29, 0.717) is 21.7 Å². The second kappa shape index (κ2) is 4.13. The van der Waals surface area contributed by atoms with Gasteiger partial charge in [0, 0.05) is 13.1 Å². The summed E-state index contributed by atoms with van der Waals surface area (Å²) in [5, 5.41) is 4.85. The predicted octanol–water partition coefficient (Wildman–Crippen LogP) is 3.32. The third kappa shape index (κ3) is 2.25. The van der Waals surface area contributed by atoms with E-state index in [2.05, 4.69) is 11.3 Å². The zero-order valence-electron chi connectivity index (χ0n) is 7.87. The van der Waals surface area contributed by atoms with Gasteiger partial charge in [-0.15, -0.1) is 5.10 Å². The Hall–Kier alpha value is -1.19. The highest BCUT2D eigenvalue weighted by Crippen LogP contribution is 2.33. The standard InChI is InChI=1S/C10H7Cl2N2O/c1-14-6-5-9(13-14)15-8-4-2-3-7(11)10(8)12/h2-5H,1H3. The largest absolute Gasteiger partial charge is 0.436 e. The Morgan fingerprint density at radius 2 is 2.20 bits per heavy atom. The van der Waals surface area contributed by atoms with Gasteiger partial charge in [-0.05, 0) is 12.1 Å². The molecule has 1 radical (unpaired) electrons. The molecule has 0 aliphatic heterocycles. The van der Waals surface area contributed by atoms with Crippen LogP contribution in [0.3, 0.4) is 0 Å². The van der Waals surface area contributed by atoms with E-state index in [1.165, 1.54) is 4.68 Å². The van der Waals surface area contributed by atoms with Gasteiger partial charge in [0.2, 0.25) is 5.88 Å². The lowest BCUT2D eigenvalue weighted by Crippen LogP contribution is -1.90. The molecule has 0 amide bonds. The fourth-order valence-corrected chi connectivity index (χ4v) is 1.41. The van der Waals surface area contributed by atoms with Crippen LogP contribution in [-0.2, 0) is 7.05 Å². The van der Waals surface area contributed by atoms with Crippen LogP contribution in [0.1, 0.15) is 0 Å². The first kappa shape index (κ1) is 10.3. The van der Waals surface area contributed by atoms with E-state index < -0.39 is 0 Å². The zero-order valence-corrected chi connectivity index (χ0v) is 9.38. The summed E-state index contributed by atoms with van der Waals surface area (Å²) in [6.07, 6.45) is 2.83. The minimum absolute atomic E-state index is 0.379. The highest BCUT2D eigenvalue weighted by Gasteiger charge is 2.07. The minimum Gasteiger partial charge on any atom is -0.436 e. The SMILES string of the molecule is Cn1[c]cc(Oc2cccc(Cl)c2Cl)n1. The van der Waals surface area contributed by atoms with E-state index in [4.69, 9.17) is 27.9 Å². The number of aryl methyl sites for hydroxylation is 1. The van der Waals surface area contributed by atoms with E-state index in [-0.39, 0.29) is 0 Å². The van der Waals surface area contributed by atoms with Crippen LogP contribution >= 0.6 is 23.2 Å². The number of hydrogen-bond donors (Lipinski definition) is 0. The molecule has 0 fully saturated rings. The lowest BCUT2D eigenvalue weighted by Gasteiger charge is -2.04. The van der Waals surface area contributed by atoms with E-state index in [1.54, 1.807) is 31.3 Å². The Bertz CT molecular complexity index is 482. The van der Waals surface area contributed by atoms with Gasteiger partial charge >= 0.3 is 0 Å². The molecule has 2 aromatic rings. The second-order valence-corrected chi connectivity index (χ2v) is 3.67. The Labute approximate surface area is 97.2 Å². The van der Waals surface area contributed by atoms with Crippen LogP contribution in [0.2, 0.25) is 10.0 Å². The molecule has 0 saturated carbocycles. The van der Waals surface area contributed by atoms with Gasteiger partial charge in [-0.1, -0.05) is 29.3 Å². The maximum absolute atomic E-state index is 5.95. The highest BCUT2D eigenvalue weighted by atomic mass is 35.5. The van der Waals surface area contributed by atoms with Gasteiger partial charge in [0.05, 0.1) is 11.2 Å². The molecule has 0 bridgehead atoms. The molecule has 0 unspecified atom stereocenters. The van der Waals surface area contributed by atoms with Gasteiger partial charge in [-0.3, -0.25) is 4.68 Å². The smallest absolute Gasteiger partial charge is 0.238 e. The summed E-state index contributed by atoms with van der Waals surface area (Å²) < 4.78 is 6.95. The number of benzene rings is 1. The van der Waals surface area contributed by atoms with Gasteiger partial charge in [0.1, 0.15) is 10.8 Å². The number of ether oxygens (including phenoxy) is 1. The van der Waals surface area contributed by atoms with Crippen LogP contribution in [0.5, 0.6) is 11.6 Å². The first-order valence-electron chi connectivity index (χ1n) is 4.20. The lowest BCUT2D eigenvalue weighted by molar-refractivity contribution is 0.454. The van der Waals surface area contributed by atoms with E-state index in [0.717, 1.165) is 0 Å². The molecule has 1 heterocycles. The summed E-state index contributed by atoms with van der Waals surface area (Å²) in [4.78, 5) is 0. The summed E-state index contributed by atoms with van der Waals surface area (Å²) in [5.41, 5.74) is 0. The summed E-state index contributed by atoms with van der Waals surface area (Å²) in [7, 11) is 1.76. The molecule has 0 saturated heterocycles. The van der Waals surface area contributed by atoms with Crippen molar-refractivity contribution in [2.45, 2.75) is 0 Å². The van der Waals surface area contributed by atoms with Crippen molar-refractivity contribution >= 4 is 23.2 Å². The van der Waals surface area contributed by atoms with Crippen molar-refractivity contribution < 1.29 is 4.74 Å². The van der Waals surface area contributed by atoms with Gasteiger partial charge in [0.15, 0.2) is 0 Å². The maximum atomic E-state index is 5.95. The van der Waals surface area contributed by atoms with Crippen molar-refractivity contribution in [1.29, 1.82) is 0 Å². The van der Waals surface area contributed by atoms with Gasteiger partial charge < -0.3 is 4.74 Å². The number of aromatic nitrogens is 2. The third-order valence-electron chi connectivity index (χ3n) is 1.75. The van der Waals surface area contributed by atoms with Gasteiger partial charge in [0.25, 0.3) is 0 Å². The summed E-state index contributed by atoms with van der Waals surface area (Å²) in [5.74, 6) is 0.915. The lowest BCUT2D eigenvalue weighted by atomic mass is 10.3. The molecule has 77 valence electrons. The highest BCUT2D eigenvalue weighted by molar-refractivity contribution is 6.42. The molecule has 0 spiro atoms. The topological polar surface area (TPSA) is 27.1 Å². The molecule has 1 aromatic heterocycles. The van der Waals surface area contributed by atoms with Crippen LogP contribution in [0.15, 0.2) is 24.3 Å². The summed E-state index contributed by atoms with van der Waals surface area (Å²) in [6.45, 7) is 0. The van der Waals surface area contributed by atoms with Crippen molar-refractivity contribution in [1.82, 2.24) is 9.78 Å². The summed E-state index contributed by atoms with van der Waals surface area (Å²) in [6, 6.07) is 6.80. The van der Waals surface area contributed by atoms with E-state index >= 15 is 0 Å². The molecule has 0 N–H and O–H groups in total. The van der Waals surface area contributed by atoms with Crippen LogP contribution in [-0.4, -0.2) is 9.78 Å². The van der Waals surface area contributed by atoms with Gasteiger partial charge in [-0.25, -0.2) is 0 Å². The first-order chi connectivity index (χ1) is 7.16. The van der Waals surface area contributed by atoms with Gasteiger partial charge in [-0.2, -0.15) is 0 Å². The molecule has 0 aliphatic carbocycles. The van der Waals surface area contributed by atoms with Crippen LogP contribution < -0.4 is 4.74 Å². The fourth-order valence-electron chi connectivity index (χ4n) is 1.08. The average Bonchev–Trinajstić information content (AvgIpc) is 2.59. The molecular formula is C10H7Cl2N2O. The maximum Gasteiger partial charge on any atom is 0.238 e. The number of halogens is 2. The van der Waals surface area contributed by atoms with Crippen LogP contribution in [0.4, 0.5) is 0 Å². The predicted molar refractivity (Wildman–Crippen MR) is 58.6 cm³/mol. The van der Waals surface area contributed by atoms with Crippen LogP contribution in [0.25, 0.3) is 0 Å². The van der Waals surface area contributed by atoms with E-state index in [1.807, 2.05) is 0 Å². The molecule has 0 atom stereocenters. The molecule has 5 heteroatoms. The molecule has 0 aliphatic rings. The van der Waals surface area contributed by atoms with E-state index in [9.17, 15) is 0 Å². The zero-order chi connectivity index (χ0) is 10.8. The number of nitrogens with zero attached hydrogens (tertiary/aromatic N) is 2. The van der Waals surface area contributed by atoms with Crippen molar-refractivity contribution in [2.24, 2.45) is 7.05 Å². The minimum atomic E-state index is 0.379. The average molecular weight is 242 g/mol. The first-order valence-corrected chi connectivity index (χ1v) is 4.96. The van der Waals surface area contributed by atoms with Crippen LogP contribution in [0, 0.1) is 6.20 Å². The third-order valence-corrected chi connectivity index (χ3v) is 2.56. The Morgan fingerprint density at radius 3 is 2.87 bits per heavy atom. The fraction of sp³-hybridized carbons (Fsp3) is 0.100. The van der Waals surface area contributed by atoms with Crippen molar-refractivity contribution in [2.75, 3.05) is 0 Å². The van der Waals surface area contributed by atoms with Crippen molar-refractivity contribution in [3.05, 3.63) is 40.5 Å². The van der Waals surface area contributed by atoms with Crippen molar-refractivity contribution in [3.63, 3.8) is 0 Å². The molecule has 15 heavy (non-hydrogen) atoms. The quantitative estimate of drug-likeness (QED) is 0.807. The summed E-state index contributed by atoms with van der Waals surface area (Å²) >= 11 is 11.8. The molecular weight excluding hydrogens is 235 g/mol. The molecule has 3 nitrogen and oxygen atoms in total. The molecule has 2 rings (SSSR count).